The summed E-state index contributed by atoms with van der Waals surface area (Å²) in [4.78, 5) is 24.7. The lowest BCUT2D eigenvalue weighted by Crippen LogP contribution is -2.19. The Balaban J connectivity index is 2.07. The molecule has 3 rings (SSSR count). The molecule has 5 nitrogen and oxygen atoms in total. The van der Waals surface area contributed by atoms with Crippen LogP contribution in [0.4, 0.5) is 5.82 Å². The summed E-state index contributed by atoms with van der Waals surface area (Å²) in [6, 6.07) is 5.56. The van der Waals surface area contributed by atoms with Crippen molar-refractivity contribution in [3.05, 3.63) is 50.1 Å². The smallest absolute Gasteiger partial charge is 0.348 e. The molecule has 2 aromatic heterocycles. The van der Waals surface area contributed by atoms with Crippen LogP contribution in [0.5, 0.6) is 0 Å². The molecule has 8 heteroatoms. The molecule has 0 aliphatic heterocycles. The first-order chi connectivity index (χ1) is 12.8. The molecular formula is C19H19Cl2N3O2S. The first-order valence-electron chi connectivity index (χ1n) is 8.42. The van der Waals surface area contributed by atoms with E-state index in [-0.39, 0.29) is 5.97 Å². The fourth-order valence-electron chi connectivity index (χ4n) is 2.89. The first-order valence-corrected chi connectivity index (χ1v) is 9.99. The van der Waals surface area contributed by atoms with Crippen molar-refractivity contribution in [1.82, 2.24) is 9.97 Å². The number of anilines is 1. The highest BCUT2D eigenvalue weighted by Gasteiger charge is 2.22. The third kappa shape index (κ3) is 3.88. The van der Waals surface area contributed by atoms with Gasteiger partial charge >= 0.3 is 5.97 Å². The summed E-state index contributed by atoms with van der Waals surface area (Å²) in [5, 5.41) is 1.90. The predicted molar refractivity (Wildman–Crippen MR) is 111 cm³/mol. The monoisotopic (exact) mass is 423 g/mol. The minimum absolute atomic E-state index is 0.331. The third-order valence-electron chi connectivity index (χ3n) is 4.14. The molecular weight excluding hydrogens is 405 g/mol. The van der Waals surface area contributed by atoms with Crippen LogP contribution in [0.25, 0.3) is 10.2 Å². The van der Waals surface area contributed by atoms with E-state index in [1.165, 1.54) is 11.3 Å². The lowest BCUT2D eigenvalue weighted by Gasteiger charge is -2.21. The summed E-state index contributed by atoms with van der Waals surface area (Å²) in [6.45, 7) is 6.38. The minimum atomic E-state index is -0.331. The number of esters is 1. The number of ether oxygens (including phenoxy) is 1. The number of aromatic nitrogens is 2. The standard InChI is InChI=1S/C19H19Cl2N3O2S/c1-5-26-19(25)16-10(2)14-17(22-11(3)23-18(14)27-16)24(4)9-12-7-6-8-13(20)15(12)21/h6-8H,5,9H2,1-4H3. The molecule has 0 bridgehead atoms. The van der Waals surface area contributed by atoms with E-state index >= 15 is 0 Å². The van der Waals surface area contributed by atoms with Crippen LogP contribution in [-0.4, -0.2) is 29.6 Å². The Morgan fingerprint density at radius 3 is 2.70 bits per heavy atom. The van der Waals surface area contributed by atoms with Gasteiger partial charge in [-0.25, -0.2) is 14.8 Å². The van der Waals surface area contributed by atoms with Gasteiger partial charge in [0.2, 0.25) is 0 Å². The average molecular weight is 424 g/mol. The number of hydrogen-bond donors (Lipinski definition) is 0. The second-order valence-electron chi connectivity index (χ2n) is 6.12. The number of fused-ring (bicyclic) bond motifs is 1. The maximum atomic E-state index is 12.3. The van der Waals surface area contributed by atoms with Crippen molar-refractivity contribution in [1.29, 1.82) is 0 Å². The number of benzene rings is 1. The van der Waals surface area contributed by atoms with Crippen molar-refractivity contribution in [2.45, 2.75) is 27.3 Å². The van der Waals surface area contributed by atoms with Crippen LogP contribution in [0, 0.1) is 13.8 Å². The van der Waals surface area contributed by atoms with E-state index in [2.05, 4.69) is 9.97 Å². The van der Waals surface area contributed by atoms with Crippen molar-refractivity contribution in [3.8, 4) is 0 Å². The lowest BCUT2D eigenvalue weighted by atomic mass is 10.1. The van der Waals surface area contributed by atoms with Crippen molar-refractivity contribution in [2.75, 3.05) is 18.6 Å². The second-order valence-corrected chi connectivity index (χ2v) is 7.90. The Hall–Kier alpha value is -1.89. The number of carbonyl (C=O) groups is 1. The Morgan fingerprint density at radius 1 is 1.26 bits per heavy atom. The van der Waals surface area contributed by atoms with Crippen LogP contribution in [-0.2, 0) is 11.3 Å². The number of nitrogens with zero attached hydrogens (tertiary/aromatic N) is 3. The van der Waals surface area contributed by atoms with Gasteiger partial charge in [-0.15, -0.1) is 11.3 Å². The molecule has 0 saturated carbocycles. The van der Waals surface area contributed by atoms with Crippen LogP contribution in [0.15, 0.2) is 18.2 Å². The largest absolute Gasteiger partial charge is 0.462 e. The first kappa shape index (κ1) is 19.9. The van der Waals surface area contributed by atoms with Crippen molar-refractivity contribution < 1.29 is 9.53 Å². The maximum absolute atomic E-state index is 12.3. The van der Waals surface area contributed by atoms with E-state index < -0.39 is 0 Å². The van der Waals surface area contributed by atoms with E-state index in [0.29, 0.717) is 33.9 Å². The predicted octanol–water partition coefficient (Wildman–Crippen LogP) is 5.43. The Kier molecular flexibility index (Phi) is 5.89. The molecule has 0 radical (unpaired) electrons. The molecule has 0 unspecified atom stereocenters. The van der Waals surface area contributed by atoms with Gasteiger partial charge in [0.25, 0.3) is 0 Å². The number of rotatable bonds is 5. The number of aryl methyl sites for hydroxylation is 2. The van der Waals surface area contributed by atoms with Crippen LogP contribution in [0.3, 0.4) is 0 Å². The van der Waals surface area contributed by atoms with Gasteiger partial charge in [0.05, 0.1) is 22.0 Å². The van der Waals surface area contributed by atoms with Crippen molar-refractivity contribution >= 4 is 56.5 Å². The fourth-order valence-corrected chi connectivity index (χ4v) is 4.38. The summed E-state index contributed by atoms with van der Waals surface area (Å²) < 4.78 is 5.17. The zero-order chi connectivity index (χ0) is 19.7. The van der Waals surface area contributed by atoms with Gasteiger partial charge in [0, 0.05) is 13.6 Å². The molecule has 0 amide bonds. The number of carbonyl (C=O) groups excluding carboxylic acids is 1. The number of hydrogen-bond acceptors (Lipinski definition) is 6. The van der Waals surface area contributed by atoms with Crippen LogP contribution in [0.2, 0.25) is 10.0 Å². The van der Waals surface area contributed by atoms with E-state index in [1.54, 1.807) is 13.0 Å². The summed E-state index contributed by atoms with van der Waals surface area (Å²) in [7, 11) is 1.93. The minimum Gasteiger partial charge on any atom is -0.462 e. The van der Waals surface area contributed by atoms with Gasteiger partial charge in [-0.05, 0) is 38.0 Å². The molecule has 0 saturated heterocycles. The Morgan fingerprint density at radius 2 is 2.00 bits per heavy atom. The normalized spacial score (nSPS) is 11.0. The topological polar surface area (TPSA) is 55.3 Å². The number of halogens is 2. The van der Waals surface area contributed by atoms with E-state index in [9.17, 15) is 4.79 Å². The fraction of sp³-hybridized carbons (Fsp3) is 0.316. The van der Waals surface area contributed by atoms with Gasteiger partial charge < -0.3 is 9.64 Å². The summed E-state index contributed by atoms with van der Waals surface area (Å²) in [5.41, 5.74) is 1.72. The Labute approximate surface area is 171 Å². The van der Waals surface area contributed by atoms with Crippen LogP contribution in [0.1, 0.15) is 33.5 Å². The molecule has 0 fully saturated rings. The molecule has 0 atom stereocenters. The molecule has 0 aliphatic rings. The summed E-state index contributed by atoms with van der Waals surface area (Å²) >= 11 is 13.8. The van der Waals surface area contributed by atoms with Gasteiger partial charge in [0.1, 0.15) is 21.3 Å². The van der Waals surface area contributed by atoms with Crippen LogP contribution >= 0.6 is 34.5 Å². The average Bonchev–Trinajstić information content (AvgIpc) is 2.95. The van der Waals surface area contributed by atoms with Crippen LogP contribution < -0.4 is 4.90 Å². The molecule has 27 heavy (non-hydrogen) atoms. The van der Waals surface area contributed by atoms with E-state index in [1.807, 2.05) is 37.9 Å². The Bertz CT molecular complexity index is 1020. The van der Waals surface area contributed by atoms with Gasteiger partial charge in [-0.2, -0.15) is 0 Å². The van der Waals surface area contributed by atoms with E-state index in [4.69, 9.17) is 27.9 Å². The van der Waals surface area contributed by atoms with Crippen molar-refractivity contribution in [2.24, 2.45) is 0 Å². The highest BCUT2D eigenvalue weighted by Crippen LogP contribution is 2.36. The summed E-state index contributed by atoms with van der Waals surface area (Å²) in [5.74, 6) is 1.05. The SMILES string of the molecule is CCOC(=O)c1sc2nc(C)nc(N(C)Cc3cccc(Cl)c3Cl)c2c1C. The van der Waals surface area contributed by atoms with E-state index in [0.717, 1.165) is 27.2 Å². The zero-order valence-electron chi connectivity index (χ0n) is 15.5. The van der Waals surface area contributed by atoms with Gasteiger partial charge in [-0.1, -0.05) is 35.3 Å². The zero-order valence-corrected chi connectivity index (χ0v) is 17.8. The lowest BCUT2D eigenvalue weighted by molar-refractivity contribution is 0.0531. The quantitative estimate of drug-likeness (QED) is 0.512. The molecule has 2 heterocycles. The molecule has 3 aromatic rings. The molecule has 1 aromatic carbocycles. The third-order valence-corrected chi connectivity index (χ3v) is 6.17. The summed E-state index contributed by atoms with van der Waals surface area (Å²) in [6.07, 6.45) is 0. The van der Waals surface area contributed by atoms with Gasteiger partial charge in [-0.3, -0.25) is 0 Å². The molecule has 0 N–H and O–H groups in total. The highest BCUT2D eigenvalue weighted by molar-refractivity contribution is 7.20. The van der Waals surface area contributed by atoms with Gasteiger partial charge in [0.15, 0.2) is 0 Å². The number of thiophene rings is 1. The molecule has 0 spiro atoms. The van der Waals surface area contributed by atoms with Crippen molar-refractivity contribution in [3.63, 3.8) is 0 Å². The maximum Gasteiger partial charge on any atom is 0.348 e. The molecule has 142 valence electrons. The molecule has 0 aliphatic carbocycles. The second kappa shape index (κ2) is 8.00. The highest BCUT2D eigenvalue weighted by atomic mass is 35.5.